The molecule has 0 saturated heterocycles. The Morgan fingerprint density at radius 2 is 2.08 bits per heavy atom. The fourth-order valence-electron chi connectivity index (χ4n) is 2.44. The Labute approximate surface area is 152 Å². The summed E-state index contributed by atoms with van der Waals surface area (Å²) >= 11 is 1.56. The van der Waals surface area contributed by atoms with Crippen LogP contribution in [0.25, 0.3) is 16.3 Å². The highest BCUT2D eigenvalue weighted by atomic mass is 32.1. The van der Waals surface area contributed by atoms with Crippen molar-refractivity contribution in [2.45, 2.75) is 13.5 Å². The number of thiophene rings is 1. The van der Waals surface area contributed by atoms with Crippen molar-refractivity contribution in [1.29, 1.82) is 0 Å². The number of benzene rings is 1. The van der Waals surface area contributed by atoms with E-state index >= 15 is 0 Å². The van der Waals surface area contributed by atoms with Gasteiger partial charge in [-0.3, -0.25) is 0 Å². The minimum Gasteiger partial charge on any atom is -0.451 e. The molecule has 0 aliphatic rings. The van der Waals surface area contributed by atoms with Gasteiger partial charge in [0.25, 0.3) is 5.89 Å². The van der Waals surface area contributed by atoms with Gasteiger partial charge < -0.3 is 9.26 Å². The van der Waals surface area contributed by atoms with Gasteiger partial charge in [-0.25, -0.2) is 9.48 Å². The predicted octanol–water partition coefficient (Wildman–Crippen LogP) is 3.65. The van der Waals surface area contributed by atoms with E-state index in [1.54, 1.807) is 29.0 Å². The molecular formula is C18H14N4O3S. The molecule has 7 nitrogen and oxygen atoms in total. The number of para-hydroxylation sites is 1. The van der Waals surface area contributed by atoms with Gasteiger partial charge in [-0.1, -0.05) is 29.4 Å². The topological polar surface area (TPSA) is 83.0 Å². The molecule has 0 aliphatic carbocycles. The Bertz CT molecular complexity index is 1020. The molecule has 130 valence electrons. The van der Waals surface area contributed by atoms with Gasteiger partial charge in [0.1, 0.15) is 5.69 Å². The zero-order valence-electron chi connectivity index (χ0n) is 13.8. The van der Waals surface area contributed by atoms with E-state index in [0.29, 0.717) is 17.2 Å². The summed E-state index contributed by atoms with van der Waals surface area (Å²) in [7, 11) is 0. The van der Waals surface area contributed by atoms with Crippen molar-refractivity contribution in [2.24, 2.45) is 0 Å². The first-order valence-electron chi connectivity index (χ1n) is 7.86. The minimum atomic E-state index is -0.514. The standard InChI is InChI=1S/C18H14N4O3S/c1-12-19-17(25-21-12)11-24-18(23)15-10-14(16-8-5-9-26-16)20-22(15)13-6-3-2-4-7-13/h2-10H,11H2,1H3. The van der Waals surface area contributed by atoms with Crippen molar-refractivity contribution in [3.05, 3.63) is 71.3 Å². The number of carbonyl (C=O) groups excluding carboxylic acids is 1. The van der Waals surface area contributed by atoms with Crippen LogP contribution in [-0.2, 0) is 11.3 Å². The molecule has 0 atom stereocenters. The van der Waals surface area contributed by atoms with Crippen LogP contribution in [0.15, 0.2) is 58.4 Å². The van der Waals surface area contributed by atoms with E-state index in [9.17, 15) is 4.79 Å². The Kier molecular flexibility index (Phi) is 4.32. The zero-order valence-corrected chi connectivity index (χ0v) is 14.6. The smallest absolute Gasteiger partial charge is 0.357 e. The Morgan fingerprint density at radius 1 is 1.23 bits per heavy atom. The van der Waals surface area contributed by atoms with Crippen molar-refractivity contribution in [3.63, 3.8) is 0 Å². The molecule has 4 aromatic rings. The first-order chi connectivity index (χ1) is 12.7. The van der Waals surface area contributed by atoms with E-state index in [1.165, 1.54) is 0 Å². The Balaban J connectivity index is 1.65. The maximum atomic E-state index is 12.6. The molecular weight excluding hydrogens is 352 g/mol. The van der Waals surface area contributed by atoms with Gasteiger partial charge in [0.05, 0.1) is 10.6 Å². The van der Waals surface area contributed by atoms with Gasteiger partial charge in [-0.05, 0) is 30.5 Å². The third-order valence-corrected chi connectivity index (χ3v) is 4.48. The van der Waals surface area contributed by atoms with E-state index in [0.717, 1.165) is 10.6 Å². The molecule has 3 heterocycles. The monoisotopic (exact) mass is 366 g/mol. The van der Waals surface area contributed by atoms with Crippen LogP contribution in [-0.4, -0.2) is 25.9 Å². The fraction of sp³-hybridized carbons (Fsp3) is 0.111. The molecule has 0 spiro atoms. The predicted molar refractivity (Wildman–Crippen MR) is 95.0 cm³/mol. The van der Waals surface area contributed by atoms with Crippen LogP contribution in [0, 0.1) is 6.92 Å². The summed E-state index contributed by atoms with van der Waals surface area (Å²) in [6.45, 7) is 1.61. The lowest BCUT2D eigenvalue weighted by atomic mass is 10.3. The van der Waals surface area contributed by atoms with Gasteiger partial charge in [0, 0.05) is 6.07 Å². The third-order valence-electron chi connectivity index (χ3n) is 3.59. The fourth-order valence-corrected chi connectivity index (χ4v) is 3.12. The number of nitrogens with zero attached hydrogens (tertiary/aromatic N) is 4. The van der Waals surface area contributed by atoms with Gasteiger partial charge in [0.15, 0.2) is 18.1 Å². The molecule has 0 aliphatic heterocycles. The number of rotatable bonds is 5. The molecule has 0 unspecified atom stereocenters. The van der Waals surface area contributed by atoms with Crippen molar-refractivity contribution in [3.8, 4) is 16.3 Å². The highest BCUT2D eigenvalue weighted by Crippen LogP contribution is 2.26. The number of hydrogen-bond acceptors (Lipinski definition) is 7. The zero-order chi connectivity index (χ0) is 17.9. The van der Waals surface area contributed by atoms with Gasteiger partial charge in [0.2, 0.25) is 0 Å². The molecule has 0 bridgehead atoms. The maximum absolute atomic E-state index is 12.6. The lowest BCUT2D eigenvalue weighted by molar-refractivity contribution is 0.0419. The van der Waals surface area contributed by atoms with Gasteiger partial charge in [-0.15, -0.1) is 11.3 Å². The average Bonchev–Trinajstić information content (AvgIpc) is 3.40. The normalized spacial score (nSPS) is 10.8. The minimum absolute atomic E-state index is 0.0893. The number of esters is 1. The molecule has 4 rings (SSSR count). The van der Waals surface area contributed by atoms with Crippen LogP contribution in [0.2, 0.25) is 0 Å². The van der Waals surface area contributed by atoms with Crippen LogP contribution in [0.1, 0.15) is 22.2 Å². The summed E-state index contributed by atoms with van der Waals surface area (Å²) in [6.07, 6.45) is 0. The summed E-state index contributed by atoms with van der Waals surface area (Å²) < 4.78 is 11.9. The lowest BCUT2D eigenvalue weighted by Crippen LogP contribution is -2.12. The molecule has 0 amide bonds. The average molecular weight is 366 g/mol. The van der Waals surface area contributed by atoms with Crippen LogP contribution in [0.3, 0.4) is 0 Å². The molecule has 3 aromatic heterocycles. The van der Waals surface area contributed by atoms with E-state index in [-0.39, 0.29) is 12.5 Å². The number of ether oxygens (including phenoxy) is 1. The van der Waals surface area contributed by atoms with E-state index in [2.05, 4.69) is 15.2 Å². The van der Waals surface area contributed by atoms with Crippen LogP contribution >= 0.6 is 11.3 Å². The SMILES string of the molecule is Cc1noc(COC(=O)c2cc(-c3cccs3)nn2-c2ccccc2)n1. The second kappa shape index (κ2) is 6.93. The Morgan fingerprint density at radius 3 is 2.77 bits per heavy atom. The molecule has 26 heavy (non-hydrogen) atoms. The summed E-state index contributed by atoms with van der Waals surface area (Å²) in [5.74, 6) is 0.227. The molecule has 0 radical (unpaired) electrons. The summed E-state index contributed by atoms with van der Waals surface area (Å²) in [5.41, 5.74) is 1.82. The largest absolute Gasteiger partial charge is 0.451 e. The molecule has 1 aromatic carbocycles. The third kappa shape index (κ3) is 3.27. The summed E-state index contributed by atoms with van der Waals surface area (Å²) in [4.78, 5) is 17.6. The lowest BCUT2D eigenvalue weighted by Gasteiger charge is -2.06. The van der Waals surface area contributed by atoms with Crippen molar-refractivity contribution in [1.82, 2.24) is 19.9 Å². The molecule has 0 fully saturated rings. The van der Waals surface area contributed by atoms with E-state index in [4.69, 9.17) is 9.26 Å². The van der Waals surface area contributed by atoms with E-state index < -0.39 is 5.97 Å². The quantitative estimate of drug-likeness (QED) is 0.501. The first-order valence-corrected chi connectivity index (χ1v) is 8.74. The number of carbonyl (C=O) groups is 1. The summed E-state index contributed by atoms with van der Waals surface area (Å²) in [5, 5.41) is 10.2. The summed E-state index contributed by atoms with van der Waals surface area (Å²) in [6, 6.07) is 15.1. The highest BCUT2D eigenvalue weighted by Gasteiger charge is 2.20. The van der Waals surface area contributed by atoms with Crippen molar-refractivity contribution < 1.29 is 14.1 Å². The first kappa shape index (κ1) is 16.2. The number of aromatic nitrogens is 4. The van der Waals surface area contributed by atoms with Crippen LogP contribution in [0.5, 0.6) is 0 Å². The van der Waals surface area contributed by atoms with E-state index in [1.807, 2.05) is 47.8 Å². The Hall–Kier alpha value is -3.26. The van der Waals surface area contributed by atoms with Crippen molar-refractivity contribution >= 4 is 17.3 Å². The second-order valence-electron chi connectivity index (χ2n) is 5.45. The molecule has 8 heteroatoms. The van der Waals surface area contributed by atoms with Crippen LogP contribution in [0.4, 0.5) is 0 Å². The van der Waals surface area contributed by atoms with Crippen molar-refractivity contribution in [2.75, 3.05) is 0 Å². The number of hydrogen-bond donors (Lipinski definition) is 0. The highest BCUT2D eigenvalue weighted by molar-refractivity contribution is 7.13. The van der Waals surface area contributed by atoms with Gasteiger partial charge in [-0.2, -0.15) is 10.1 Å². The molecule has 0 saturated carbocycles. The number of aryl methyl sites for hydroxylation is 1. The maximum Gasteiger partial charge on any atom is 0.357 e. The van der Waals surface area contributed by atoms with Crippen LogP contribution < -0.4 is 0 Å². The van der Waals surface area contributed by atoms with Gasteiger partial charge >= 0.3 is 5.97 Å². The second-order valence-corrected chi connectivity index (χ2v) is 6.40. The molecule has 0 N–H and O–H groups in total.